The maximum absolute atomic E-state index is 12.5. The fourth-order valence-corrected chi connectivity index (χ4v) is 4.48. The Morgan fingerprint density at radius 1 is 1.33 bits per heavy atom. The molecule has 1 unspecified atom stereocenters. The van der Waals surface area contributed by atoms with Crippen molar-refractivity contribution in [2.45, 2.75) is 11.3 Å². The van der Waals surface area contributed by atoms with Crippen LogP contribution in [0.3, 0.4) is 0 Å². The lowest BCUT2D eigenvalue weighted by Gasteiger charge is -2.21. The van der Waals surface area contributed by atoms with Crippen LogP contribution in [0, 0.1) is 17.2 Å². The van der Waals surface area contributed by atoms with Crippen LogP contribution in [-0.2, 0) is 10.0 Å². The van der Waals surface area contributed by atoms with Crippen molar-refractivity contribution in [3.63, 3.8) is 0 Å². The quantitative estimate of drug-likeness (QED) is 0.798. The summed E-state index contributed by atoms with van der Waals surface area (Å²) in [5.74, 6) is 0.997. The number of para-hydroxylation sites is 2. The summed E-state index contributed by atoms with van der Waals surface area (Å²) in [6, 6.07) is 13.8. The molecule has 1 aliphatic rings. The fraction of sp³-hybridized carbons (Fsp3) is 0.316. The van der Waals surface area contributed by atoms with Crippen LogP contribution in [0.15, 0.2) is 47.4 Å². The van der Waals surface area contributed by atoms with Gasteiger partial charge in [-0.15, -0.1) is 0 Å². The van der Waals surface area contributed by atoms with E-state index in [9.17, 15) is 8.42 Å². The van der Waals surface area contributed by atoms with Crippen molar-refractivity contribution in [3.8, 4) is 11.8 Å². The zero-order chi connectivity index (χ0) is 19.4. The molecule has 0 radical (unpaired) electrons. The van der Waals surface area contributed by atoms with Gasteiger partial charge in [-0.25, -0.2) is 13.1 Å². The average Bonchev–Trinajstić information content (AvgIpc) is 3.15. The Morgan fingerprint density at radius 3 is 2.85 bits per heavy atom. The van der Waals surface area contributed by atoms with Gasteiger partial charge in [-0.05, 0) is 42.7 Å². The molecule has 0 saturated carbocycles. The Morgan fingerprint density at radius 2 is 2.11 bits per heavy atom. The monoisotopic (exact) mass is 405 g/mol. The van der Waals surface area contributed by atoms with Crippen LogP contribution in [0.25, 0.3) is 0 Å². The van der Waals surface area contributed by atoms with E-state index in [0.717, 1.165) is 30.9 Å². The van der Waals surface area contributed by atoms with Crippen molar-refractivity contribution in [2.75, 3.05) is 31.6 Å². The van der Waals surface area contributed by atoms with Crippen LogP contribution in [0.1, 0.15) is 12.0 Å². The van der Waals surface area contributed by atoms with E-state index in [1.54, 1.807) is 7.11 Å². The second-order valence-corrected chi connectivity index (χ2v) is 8.55. The van der Waals surface area contributed by atoms with Gasteiger partial charge in [-0.2, -0.15) is 5.26 Å². The third-order valence-electron chi connectivity index (χ3n) is 4.64. The van der Waals surface area contributed by atoms with Crippen molar-refractivity contribution < 1.29 is 13.2 Å². The van der Waals surface area contributed by atoms with Crippen LogP contribution in [0.5, 0.6) is 5.75 Å². The molecule has 1 fully saturated rings. The third-order valence-corrected chi connectivity index (χ3v) is 6.39. The summed E-state index contributed by atoms with van der Waals surface area (Å²) in [4.78, 5) is 2.25. The van der Waals surface area contributed by atoms with Gasteiger partial charge in [0.1, 0.15) is 11.8 Å². The molecule has 0 bridgehead atoms. The number of methoxy groups -OCH3 is 1. The Balaban J connectivity index is 1.65. The minimum Gasteiger partial charge on any atom is -0.495 e. The second kappa shape index (κ2) is 8.17. The van der Waals surface area contributed by atoms with Gasteiger partial charge in [0.2, 0.25) is 10.0 Å². The number of hydrogen-bond donors (Lipinski definition) is 1. The lowest BCUT2D eigenvalue weighted by atomic mass is 10.1. The van der Waals surface area contributed by atoms with Crippen LogP contribution < -0.4 is 14.4 Å². The highest BCUT2D eigenvalue weighted by molar-refractivity contribution is 7.89. The predicted molar refractivity (Wildman–Crippen MR) is 105 cm³/mol. The van der Waals surface area contributed by atoms with Gasteiger partial charge in [-0.1, -0.05) is 23.7 Å². The van der Waals surface area contributed by atoms with Crippen molar-refractivity contribution in [1.82, 2.24) is 4.72 Å². The molecule has 1 N–H and O–H groups in total. The molecule has 0 spiro atoms. The number of benzene rings is 2. The molecule has 2 aromatic rings. The smallest absolute Gasteiger partial charge is 0.240 e. The van der Waals surface area contributed by atoms with Crippen LogP contribution in [-0.4, -0.2) is 35.2 Å². The summed E-state index contributed by atoms with van der Waals surface area (Å²) in [6.45, 7) is 1.91. The second-order valence-electron chi connectivity index (χ2n) is 6.38. The van der Waals surface area contributed by atoms with E-state index in [0.29, 0.717) is 6.54 Å². The highest BCUT2D eigenvalue weighted by Crippen LogP contribution is 2.32. The molecule has 1 saturated heterocycles. The summed E-state index contributed by atoms with van der Waals surface area (Å²) in [5.41, 5.74) is 1.16. The molecule has 27 heavy (non-hydrogen) atoms. The molecule has 142 valence electrons. The molecule has 2 aromatic carbocycles. The molecular weight excluding hydrogens is 386 g/mol. The number of sulfonamides is 1. The molecule has 1 atom stereocenters. The molecule has 0 aromatic heterocycles. The maximum Gasteiger partial charge on any atom is 0.240 e. The van der Waals surface area contributed by atoms with Gasteiger partial charge in [0.25, 0.3) is 0 Å². The van der Waals surface area contributed by atoms with E-state index in [2.05, 4.69) is 9.62 Å². The number of nitriles is 1. The van der Waals surface area contributed by atoms with Crippen LogP contribution in [0.2, 0.25) is 5.02 Å². The summed E-state index contributed by atoms with van der Waals surface area (Å²) >= 11 is 5.87. The molecule has 0 amide bonds. The molecular formula is C19H20ClN3O3S. The van der Waals surface area contributed by atoms with Gasteiger partial charge in [0.05, 0.1) is 28.3 Å². The lowest BCUT2D eigenvalue weighted by molar-refractivity contribution is 0.414. The molecule has 0 aliphatic carbocycles. The van der Waals surface area contributed by atoms with Gasteiger partial charge in [0, 0.05) is 19.6 Å². The number of halogens is 1. The number of nitrogens with zero attached hydrogens (tertiary/aromatic N) is 2. The van der Waals surface area contributed by atoms with E-state index >= 15 is 0 Å². The number of rotatable bonds is 6. The van der Waals surface area contributed by atoms with E-state index in [4.69, 9.17) is 21.6 Å². The van der Waals surface area contributed by atoms with Crippen LogP contribution >= 0.6 is 11.6 Å². The van der Waals surface area contributed by atoms with Gasteiger partial charge in [-0.3, -0.25) is 0 Å². The normalized spacial score (nSPS) is 16.9. The number of ether oxygens (including phenoxy) is 1. The highest BCUT2D eigenvalue weighted by Gasteiger charge is 2.26. The van der Waals surface area contributed by atoms with E-state index < -0.39 is 10.0 Å². The minimum atomic E-state index is -3.70. The topological polar surface area (TPSA) is 82.4 Å². The highest BCUT2D eigenvalue weighted by atomic mass is 35.5. The zero-order valence-electron chi connectivity index (χ0n) is 14.9. The summed E-state index contributed by atoms with van der Waals surface area (Å²) in [7, 11) is -2.05. The molecule has 6 nitrogen and oxygen atoms in total. The number of hydrogen-bond acceptors (Lipinski definition) is 5. The maximum atomic E-state index is 12.5. The molecule has 1 heterocycles. The average molecular weight is 406 g/mol. The van der Waals surface area contributed by atoms with Gasteiger partial charge >= 0.3 is 0 Å². The largest absolute Gasteiger partial charge is 0.495 e. The first kappa shape index (κ1) is 19.5. The fourth-order valence-electron chi connectivity index (χ4n) is 3.18. The summed E-state index contributed by atoms with van der Waals surface area (Å²) in [5, 5.41) is 9.26. The Bertz CT molecular complexity index is 972. The first-order valence-corrected chi connectivity index (χ1v) is 10.4. The standard InChI is InChI=1S/C19H20ClN3O3S/c1-26-19-5-3-2-4-18(19)23-9-8-14(13-23)12-22-27(24,25)16-6-7-17(20)15(10-16)11-21/h2-7,10,14,22H,8-9,12-13H2,1H3. The van der Waals surface area contributed by atoms with Crippen molar-refractivity contribution in [1.29, 1.82) is 5.26 Å². The SMILES string of the molecule is COc1ccccc1N1CCC(CNS(=O)(=O)c2ccc(Cl)c(C#N)c2)C1. The number of anilines is 1. The Hall–Kier alpha value is -2.27. The third kappa shape index (κ3) is 4.35. The van der Waals surface area contributed by atoms with Crippen molar-refractivity contribution in [3.05, 3.63) is 53.1 Å². The summed E-state index contributed by atoms with van der Waals surface area (Å²) < 4.78 is 33.1. The zero-order valence-corrected chi connectivity index (χ0v) is 16.4. The molecule has 1 aliphatic heterocycles. The summed E-state index contributed by atoms with van der Waals surface area (Å²) in [6.07, 6.45) is 0.880. The Kier molecular flexibility index (Phi) is 5.90. The van der Waals surface area contributed by atoms with Crippen molar-refractivity contribution in [2.24, 2.45) is 5.92 Å². The van der Waals surface area contributed by atoms with E-state index in [1.165, 1.54) is 18.2 Å². The Labute approximate surface area is 164 Å². The van der Waals surface area contributed by atoms with Gasteiger partial charge in [0.15, 0.2) is 0 Å². The van der Waals surface area contributed by atoms with Gasteiger partial charge < -0.3 is 9.64 Å². The first-order chi connectivity index (χ1) is 12.9. The van der Waals surface area contributed by atoms with Crippen LogP contribution in [0.4, 0.5) is 5.69 Å². The molecule has 8 heteroatoms. The van der Waals surface area contributed by atoms with E-state index in [-0.39, 0.29) is 21.4 Å². The number of nitrogens with one attached hydrogen (secondary N) is 1. The lowest BCUT2D eigenvalue weighted by Crippen LogP contribution is -2.31. The predicted octanol–water partition coefficient (Wildman–Crippen LogP) is 3.03. The van der Waals surface area contributed by atoms with Crippen molar-refractivity contribution >= 4 is 27.3 Å². The molecule has 3 rings (SSSR count). The van der Waals surface area contributed by atoms with E-state index in [1.807, 2.05) is 30.3 Å². The first-order valence-electron chi connectivity index (χ1n) is 8.52. The minimum absolute atomic E-state index is 0.0445.